The molecule has 1 atom stereocenters. The van der Waals surface area contributed by atoms with Gasteiger partial charge in [0.25, 0.3) is 0 Å². The molecule has 1 aromatic carbocycles. The molecule has 6 nitrogen and oxygen atoms in total. The highest BCUT2D eigenvalue weighted by Gasteiger charge is 2.34. The summed E-state index contributed by atoms with van der Waals surface area (Å²) in [6.07, 6.45) is 5.23. The summed E-state index contributed by atoms with van der Waals surface area (Å²) in [6.45, 7) is 8.35. The first-order valence-electron chi connectivity index (χ1n) is 10.3. The van der Waals surface area contributed by atoms with Gasteiger partial charge in [0.1, 0.15) is 6.04 Å². The van der Waals surface area contributed by atoms with Gasteiger partial charge in [-0.15, -0.1) is 0 Å². The molecule has 2 amide bonds. The Bertz CT molecular complexity index is 664. The third-order valence-electron chi connectivity index (χ3n) is 4.57. The number of nitrogens with one attached hydrogen (secondary N) is 2. The number of unbranched alkanes of at least 4 members (excludes halogenated alkanes) is 2. The summed E-state index contributed by atoms with van der Waals surface area (Å²) in [7, 11) is 3.40. The van der Waals surface area contributed by atoms with E-state index in [4.69, 9.17) is 4.84 Å². The molecule has 0 saturated heterocycles. The van der Waals surface area contributed by atoms with Crippen LogP contribution < -0.4 is 10.8 Å². The van der Waals surface area contributed by atoms with Crippen LogP contribution in [0.4, 0.5) is 0 Å². The topological polar surface area (TPSA) is 70.7 Å². The van der Waals surface area contributed by atoms with Gasteiger partial charge >= 0.3 is 0 Å². The molecule has 0 radical (unpaired) electrons. The lowest BCUT2D eigenvalue weighted by Crippen LogP contribution is -2.53. The van der Waals surface area contributed by atoms with Crippen LogP contribution in [0.15, 0.2) is 42.1 Å². The Morgan fingerprint density at radius 3 is 2.34 bits per heavy atom. The zero-order valence-electron chi connectivity index (χ0n) is 18.7. The van der Waals surface area contributed by atoms with Crippen molar-refractivity contribution < 1.29 is 14.4 Å². The van der Waals surface area contributed by atoms with Crippen molar-refractivity contribution in [3.8, 4) is 0 Å². The van der Waals surface area contributed by atoms with Crippen molar-refractivity contribution in [2.24, 2.45) is 5.41 Å². The summed E-state index contributed by atoms with van der Waals surface area (Å²) >= 11 is 0. The standard InChI is InChI=1S/C23H37N3O3/c1-7-8-10-15-19(16-24-29-17-18-13-11-9-12-14-18)21(27)25-20(23(2,3)4)22(28)26(5)6/h9,11-14,16,20,24H,7-8,10,15,17H2,1-6H3,(H,25,27)/t20-/m1/s1. The van der Waals surface area contributed by atoms with E-state index in [-0.39, 0.29) is 11.8 Å². The Labute approximate surface area is 175 Å². The molecule has 1 rings (SSSR count). The third kappa shape index (κ3) is 9.13. The summed E-state index contributed by atoms with van der Waals surface area (Å²) in [6, 6.07) is 9.19. The number of benzene rings is 1. The number of carbonyl (C=O) groups is 2. The Hall–Kier alpha value is -2.34. The van der Waals surface area contributed by atoms with Gasteiger partial charge in [0, 0.05) is 25.9 Å². The van der Waals surface area contributed by atoms with Crippen molar-refractivity contribution in [2.75, 3.05) is 14.1 Å². The van der Waals surface area contributed by atoms with E-state index in [1.807, 2.05) is 51.1 Å². The number of hydrogen-bond donors (Lipinski definition) is 2. The summed E-state index contributed by atoms with van der Waals surface area (Å²) in [5, 5.41) is 2.93. The Balaban J connectivity index is 2.81. The number of hydroxylamine groups is 1. The molecule has 0 aliphatic carbocycles. The van der Waals surface area contributed by atoms with Gasteiger partial charge in [-0.3, -0.25) is 19.9 Å². The van der Waals surface area contributed by atoms with Gasteiger partial charge in [-0.1, -0.05) is 70.9 Å². The molecule has 6 heteroatoms. The van der Waals surface area contributed by atoms with E-state index in [0.717, 1.165) is 24.8 Å². The molecular weight excluding hydrogens is 366 g/mol. The number of amides is 2. The van der Waals surface area contributed by atoms with Gasteiger partial charge in [0.15, 0.2) is 0 Å². The molecule has 1 aromatic rings. The summed E-state index contributed by atoms with van der Waals surface area (Å²) < 4.78 is 0. The molecular formula is C23H37N3O3. The molecule has 29 heavy (non-hydrogen) atoms. The van der Waals surface area contributed by atoms with Crippen LogP contribution in [0.25, 0.3) is 0 Å². The van der Waals surface area contributed by atoms with Gasteiger partial charge in [-0.05, 0) is 23.8 Å². The molecule has 0 aromatic heterocycles. The van der Waals surface area contributed by atoms with Crippen molar-refractivity contribution in [1.29, 1.82) is 0 Å². The second-order valence-electron chi connectivity index (χ2n) is 8.52. The summed E-state index contributed by atoms with van der Waals surface area (Å²) in [5.41, 5.74) is 4.00. The average Bonchev–Trinajstić information content (AvgIpc) is 2.67. The molecule has 162 valence electrons. The van der Waals surface area contributed by atoms with Crippen LogP contribution in [0, 0.1) is 5.41 Å². The minimum Gasteiger partial charge on any atom is -0.347 e. The van der Waals surface area contributed by atoms with E-state index in [1.54, 1.807) is 20.3 Å². The molecule has 2 N–H and O–H groups in total. The van der Waals surface area contributed by atoms with Crippen LogP contribution in [0.2, 0.25) is 0 Å². The Morgan fingerprint density at radius 1 is 1.14 bits per heavy atom. The predicted octanol–water partition coefficient (Wildman–Crippen LogP) is 3.79. The van der Waals surface area contributed by atoms with Crippen LogP contribution in [0.5, 0.6) is 0 Å². The SMILES string of the molecule is CCCCCC(=CNOCc1ccccc1)C(=O)N[C@H](C(=O)N(C)C)C(C)(C)C. The van der Waals surface area contributed by atoms with Gasteiger partial charge in [0.05, 0.1) is 6.61 Å². The predicted molar refractivity (Wildman–Crippen MR) is 117 cm³/mol. The minimum absolute atomic E-state index is 0.118. The largest absolute Gasteiger partial charge is 0.347 e. The Morgan fingerprint density at radius 2 is 1.79 bits per heavy atom. The van der Waals surface area contributed by atoms with Crippen molar-refractivity contribution in [2.45, 2.75) is 66.0 Å². The van der Waals surface area contributed by atoms with Crippen molar-refractivity contribution in [3.63, 3.8) is 0 Å². The average molecular weight is 404 g/mol. The van der Waals surface area contributed by atoms with Crippen molar-refractivity contribution >= 4 is 11.8 Å². The quantitative estimate of drug-likeness (QED) is 0.335. The van der Waals surface area contributed by atoms with Crippen LogP contribution >= 0.6 is 0 Å². The lowest BCUT2D eigenvalue weighted by atomic mass is 9.85. The second kappa shape index (κ2) is 12.3. The maximum Gasteiger partial charge on any atom is 0.249 e. The first-order chi connectivity index (χ1) is 13.7. The lowest BCUT2D eigenvalue weighted by molar-refractivity contribution is -0.136. The van der Waals surface area contributed by atoms with Gasteiger partial charge in [-0.2, -0.15) is 0 Å². The van der Waals surface area contributed by atoms with E-state index in [2.05, 4.69) is 17.7 Å². The van der Waals surface area contributed by atoms with Gasteiger partial charge in [0.2, 0.25) is 11.8 Å². The second-order valence-corrected chi connectivity index (χ2v) is 8.52. The smallest absolute Gasteiger partial charge is 0.249 e. The summed E-state index contributed by atoms with van der Waals surface area (Å²) in [5.74, 6) is -0.362. The lowest BCUT2D eigenvalue weighted by Gasteiger charge is -2.32. The molecule has 0 fully saturated rings. The van der Waals surface area contributed by atoms with Crippen LogP contribution in [-0.4, -0.2) is 36.9 Å². The highest BCUT2D eigenvalue weighted by molar-refractivity contribution is 5.97. The maximum absolute atomic E-state index is 12.9. The fraction of sp³-hybridized carbons (Fsp3) is 0.565. The molecule has 0 unspecified atom stereocenters. The molecule has 0 bridgehead atoms. The van der Waals surface area contributed by atoms with Gasteiger partial charge in [-0.25, -0.2) is 0 Å². The van der Waals surface area contributed by atoms with E-state index >= 15 is 0 Å². The summed E-state index contributed by atoms with van der Waals surface area (Å²) in [4.78, 5) is 32.5. The molecule has 0 saturated carbocycles. The third-order valence-corrected chi connectivity index (χ3v) is 4.57. The zero-order chi connectivity index (χ0) is 21.9. The number of likely N-dealkylation sites (N-methyl/N-ethyl adjacent to an activating group) is 1. The number of hydrogen-bond acceptors (Lipinski definition) is 4. The monoisotopic (exact) mass is 403 g/mol. The number of rotatable bonds is 11. The number of carbonyl (C=O) groups excluding carboxylic acids is 2. The van der Waals surface area contributed by atoms with Crippen LogP contribution in [0.3, 0.4) is 0 Å². The maximum atomic E-state index is 12.9. The fourth-order valence-electron chi connectivity index (χ4n) is 2.76. The molecule has 0 heterocycles. The zero-order valence-corrected chi connectivity index (χ0v) is 18.7. The normalized spacial score (nSPS) is 13.0. The molecule has 0 aliphatic rings. The first-order valence-corrected chi connectivity index (χ1v) is 10.3. The highest BCUT2D eigenvalue weighted by atomic mass is 16.6. The number of nitrogens with zero attached hydrogens (tertiary/aromatic N) is 1. The van der Waals surface area contributed by atoms with E-state index in [0.29, 0.717) is 18.6 Å². The van der Waals surface area contributed by atoms with Crippen molar-refractivity contribution in [1.82, 2.24) is 15.7 Å². The van der Waals surface area contributed by atoms with Gasteiger partial charge < -0.3 is 10.2 Å². The first kappa shape index (κ1) is 24.7. The fourth-order valence-corrected chi connectivity index (χ4v) is 2.76. The molecule has 0 spiro atoms. The van der Waals surface area contributed by atoms with Crippen molar-refractivity contribution in [3.05, 3.63) is 47.7 Å². The Kier molecular flexibility index (Phi) is 10.5. The highest BCUT2D eigenvalue weighted by Crippen LogP contribution is 2.21. The van der Waals surface area contributed by atoms with E-state index in [9.17, 15) is 9.59 Å². The van der Waals surface area contributed by atoms with Crippen LogP contribution in [-0.2, 0) is 21.0 Å². The van der Waals surface area contributed by atoms with Crippen LogP contribution in [0.1, 0.15) is 58.9 Å². The van der Waals surface area contributed by atoms with E-state index in [1.165, 1.54) is 4.90 Å². The molecule has 0 aliphatic heterocycles. The minimum atomic E-state index is -0.607. The van der Waals surface area contributed by atoms with E-state index < -0.39 is 11.5 Å².